The zero-order valence-electron chi connectivity index (χ0n) is 10.6. The van der Waals surface area contributed by atoms with E-state index in [9.17, 15) is 0 Å². The van der Waals surface area contributed by atoms with Crippen LogP contribution in [0.4, 0.5) is 0 Å². The van der Waals surface area contributed by atoms with Crippen molar-refractivity contribution in [3.8, 4) is 0 Å². The average Bonchev–Trinajstić information content (AvgIpc) is 2.63. The average molecular weight is 345 g/mol. The lowest BCUT2D eigenvalue weighted by atomic mass is 10.00. The molecule has 0 bridgehead atoms. The van der Waals surface area contributed by atoms with Crippen molar-refractivity contribution < 1.29 is 0 Å². The second kappa shape index (κ2) is 5.74. The summed E-state index contributed by atoms with van der Waals surface area (Å²) in [5.41, 5.74) is 3.77. The molecule has 0 saturated carbocycles. The number of halogens is 2. The van der Waals surface area contributed by atoms with Gasteiger partial charge in [-0.1, -0.05) is 17.7 Å². The number of nitrogens with one attached hydrogen (secondary N) is 1. The lowest BCUT2D eigenvalue weighted by Gasteiger charge is -2.17. The van der Waals surface area contributed by atoms with Gasteiger partial charge in [0.05, 0.1) is 9.83 Å². The minimum absolute atomic E-state index is 0.220. The van der Waals surface area contributed by atoms with Crippen LogP contribution in [0.5, 0.6) is 0 Å². The molecule has 1 aromatic carbocycles. The standard InChI is InChI=1S/C14H15BrClNS/c1-8-6-10(16)4-5-11(8)13(17-3)12-7-9(2)14(15)18-12/h4-7,13,17H,1-3H3. The molecule has 2 aromatic rings. The molecule has 0 aliphatic rings. The molecule has 2 rings (SSSR count). The summed E-state index contributed by atoms with van der Waals surface area (Å²) < 4.78 is 1.20. The Morgan fingerprint density at radius 3 is 2.44 bits per heavy atom. The van der Waals surface area contributed by atoms with Gasteiger partial charge in [-0.15, -0.1) is 11.3 Å². The van der Waals surface area contributed by atoms with E-state index in [1.54, 1.807) is 11.3 Å². The van der Waals surface area contributed by atoms with Gasteiger partial charge >= 0.3 is 0 Å². The minimum atomic E-state index is 0.220. The van der Waals surface area contributed by atoms with E-state index in [0.717, 1.165) is 5.02 Å². The minimum Gasteiger partial charge on any atom is -0.309 e. The molecule has 1 heterocycles. The number of hydrogen-bond acceptors (Lipinski definition) is 2. The van der Waals surface area contributed by atoms with Gasteiger partial charge in [-0.2, -0.15) is 0 Å². The molecular formula is C14H15BrClNS. The molecule has 0 aliphatic carbocycles. The molecule has 1 aromatic heterocycles. The van der Waals surface area contributed by atoms with E-state index in [1.165, 1.54) is 25.4 Å². The van der Waals surface area contributed by atoms with E-state index in [2.05, 4.69) is 47.2 Å². The number of hydrogen-bond donors (Lipinski definition) is 1. The molecule has 18 heavy (non-hydrogen) atoms. The van der Waals surface area contributed by atoms with Crippen LogP contribution in [0.2, 0.25) is 5.02 Å². The third-order valence-electron chi connectivity index (χ3n) is 2.99. The normalized spacial score (nSPS) is 12.7. The Hall–Kier alpha value is -0.350. The third-order valence-corrected chi connectivity index (χ3v) is 5.43. The first-order valence-corrected chi connectivity index (χ1v) is 7.71. The maximum Gasteiger partial charge on any atom is 0.0731 e. The highest BCUT2D eigenvalue weighted by Gasteiger charge is 2.17. The number of aryl methyl sites for hydroxylation is 2. The zero-order valence-corrected chi connectivity index (χ0v) is 13.7. The predicted octanol–water partition coefficient (Wildman–Crippen LogP) is 5.09. The summed E-state index contributed by atoms with van der Waals surface area (Å²) in [6.45, 7) is 4.21. The lowest BCUT2D eigenvalue weighted by Crippen LogP contribution is -2.17. The fraction of sp³-hybridized carbons (Fsp3) is 0.286. The highest BCUT2D eigenvalue weighted by molar-refractivity contribution is 9.11. The summed E-state index contributed by atoms with van der Waals surface area (Å²) in [5.74, 6) is 0. The van der Waals surface area contributed by atoms with Crippen LogP contribution in [0.3, 0.4) is 0 Å². The topological polar surface area (TPSA) is 12.0 Å². The van der Waals surface area contributed by atoms with E-state index in [1.807, 2.05) is 19.2 Å². The summed E-state index contributed by atoms with van der Waals surface area (Å²) in [6, 6.07) is 8.50. The van der Waals surface area contributed by atoms with Crippen LogP contribution in [-0.4, -0.2) is 7.05 Å². The molecule has 0 fully saturated rings. The molecule has 0 aliphatic heterocycles. The van der Waals surface area contributed by atoms with Crippen LogP contribution in [0, 0.1) is 13.8 Å². The highest BCUT2D eigenvalue weighted by Crippen LogP contribution is 2.35. The lowest BCUT2D eigenvalue weighted by molar-refractivity contribution is 0.699. The number of thiophene rings is 1. The van der Waals surface area contributed by atoms with Crippen LogP contribution in [0.1, 0.15) is 27.6 Å². The van der Waals surface area contributed by atoms with Crippen molar-refractivity contribution in [1.29, 1.82) is 0 Å². The van der Waals surface area contributed by atoms with Gasteiger partial charge in [-0.3, -0.25) is 0 Å². The maximum absolute atomic E-state index is 6.01. The van der Waals surface area contributed by atoms with Crippen molar-refractivity contribution in [3.05, 3.63) is 54.6 Å². The Kier molecular flexibility index (Phi) is 4.49. The molecule has 1 unspecified atom stereocenters. The van der Waals surface area contributed by atoms with E-state index in [4.69, 9.17) is 11.6 Å². The van der Waals surface area contributed by atoms with Crippen molar-refractivity contribution in [2.75, 3.05) is 7.05 Å². The quantitative estimate of drug-likeness (QED) is 0.818. The molecular weight excluding hydrogens is 330 g/mol. The van der Waals surface area contributed by atoms with Gasteiger partial charge in [-0.05, 0) is 71.7 Å². The van der Waals surface area contributed by atoms with Crippen LogP contribution in [0.25, 0.3) is 0 Å². The number of benzene rings is 1. The molecule has 1 atom stereocenters. The van der Waals surface area contributed by atoms with Crippen LogP contribution in [-0.2, 0) is 0 Å². The second-order valence-corrected chi connectivity index (χ2v) is 7.17. The van der Waals surface area contributed by atoms with E-state index in [0.29, 0.717) is 0 Å². The molecule has 1 nitrogen and oxygen atoms in total. The van der Waals surface area contributed by atoms with Crippen LogP contribution in [0.15, 0.2) is 28.1 Å². The molecule has 0 amide bonds. The molecule has 0 saturated heterocycles. The Balaban J connectivity index is 2.45. The van der Waals surface area contributed by atoms with Crippen molar-refractivity contribution in [2.24, 2.45) is 0 Å². The van der Waals surface area contributed by atoms with Gasteiger partial charge in [0.15, 0.2) is 0 Å². The Morgan fingerprint density at radius 1 is 1.22 bits per heavy atom. The smallest absolute Gasteiger partial charge is 0.0731 e. The monoisotopic (exact) mass is 343 g/mol. The third kappa shape index (κ3) is 2.80. The van der Waals surface area contributed by atoms with Gasteiger partial charge in [0.2, 0.25) is 0 Å². The fourth-order valence-corrected chi connectivity index (χ4v) is 3.97. The second-order valence-electron chi connectivity index (χ2n) is 4.33. The van der Waals surface area contributed by atoms with Gasteiger partial charge in [-0.25, -0.2) is 0 Å². The van der Waals surface area contributed by atoms with Crippen molar-refractivity contribution in [2.45, 2.75) is 19.9 Å². The predicted molar refractivity (Wildman–Crippen MR) is 83.8 cm³/mol. The Labute approximate surface area is 125 Å². The first kappa shape index (κ1) is 14.1. The fourth-order valence-electron chi connectivity index (χ4n) is 2.04. The first-order chi connectivity index (χ1) is 8.52. The molecule has 1 N–H and O–H groups in total. The summed E-state index contributed by atoms with van der Waals surface area (Å²) >= 11 is 11.4. The van der Waals surface area contributed by atoms with Gasteiger partial charge in [0.1, 0.15) is 0 Å². The van der Waals surface area contributed by atoms with Crippen LogP contribution < -0.4 is 5.32 Å². The van der Waals surface area contributed by atoms with Crippen molar-refractivity contribution in [3.63, 3.8) is 0 Å². The van der Waals surface area contributed by atoms with E-state index in [-0.39, 0.29) is 6.04 Å². The molecule has 0 spiro atoms. The Bertz CT molecular complexity index is 545. The van der Waals surface area contributed by atoms with Crippen molar-refractivity contribution >= 4 is 38.9 Å². The largest absolute Gasteiger partial charge is 0.309 e. The van der Waals surface area contributed by atoms with Gasteiger partial charge in [0.25, 0.3) is 0 Å². The summed E-state index contributed by atoms with van der Waals surface area (Å²) in [7, 11) is 1.99. The molecule has 96 valence electrons. The van der Waals surface area contributed by atoms with E-state index >= 15 is 0 Å². The summed E-state index contributed by atoms with van der Waals surface area (Å²) in [6.07, 6.45) is 0. The van der Waals surface area contributed by atoms with Gasteiger partial charge < -0.3 is 5.32 Å². The van der Waals surface area contributed by atoms with Crippen molar-refractivity contribution in [1.82, 2.24) is 5.32 Å². The van der Waals surface area contributed by atoms with Crippen LogP contribution >= 0.6 is 38.9 Å². The zero-order chi connectivity index (χ0) is 13.3. The SMILES string of the molecule is CNC(c1cc(C)c(Br)s1)c1ccc(Cl)cc1C. The highest BCUT2D eigenvalue weighted by atomic mass is 79.9. The van der Waals surface area contributed by atoms with E-state index < -0.39 is 0 Å². The maximum atomic E-state index is 6.01. The first-order valence-electron chi connectivity index (χ1n) is 5.72. The summed E-state index contributed by atoms with van der Waals surface area (Å²) in [4.78, 5) is 1.31. The molecule has 4 heteroatoms. The molecule has 0 radical (unpaired) electrons. The van der Waals surface area contributed by atoms with Gasteiger partial charge in [0, 0.05) is 9.90 Å². The number of rotatable bonds is 3. The summed E-state index contributed by atoms with van der Waals surface area (Å²) in [5, 5.41) is 4.17. The Morgan fingerprint density at radius 2 is 1.94 bits per heavy atom.